The lowest BCUT2D eigenvalue weighted by atomic mass is 9.80. The molecule has 2 aromatic carbocycles. The summed E-state index contributed by atoms with van der Waals surface area (Å²) < 4.78 is 27.9. The van der Waals surface area contributed by atoms with Crippen LogP contribution in [0.25, 0.3) is 0 Å². The maximum absolute atomic E-state index is 14.6. The van der Waals surface area contributed by atoms with Gasteiger partial charge in [-0.05, 0) is 74.6 Å². The van der Waals surface area contributed by atoms with Crippen molar-refractivity contribution in [3.05, 3.63) is 58.7 Å². The molecule has 0 fully saturated rings. The Kier molecular flexibility index (Phi) is 4.40. The van der Waals surface area contributed by atoms with Gasteiger partial charge in [0.2, 0.25) is 0 Å². The number of rotatable bonds is 2. The van der Waals surface area contributed by atoms with Gasteiger partial charge in [-0.3, -0.25) is 4.99 Å². The molecule has 0 amide bonds. The summed E-state index contributed by atoms with van der Waals surface area (Å²) in [5.41, 5.74) is 3.68. The minimum Gasteiger partial charge on any atom is -0.369 e. The zero-order chi connectivity index (χ0) is 18.4. The van der Waals surface area contributed by atoms with E-state index in [1.54, 1.807) is 25.1 Å². The standard InChI is InChI=1S/C21H24F2N2/c1-13-8-16(6-7-18(13)22)24-12-15-9-17-14(2)11-21(3,4)25(5)20(17)10-19(15)23/h6-10,12,14H,11H2,1-5H3. The Hall–Kier alpha value is -2.23. The molecule has 132 valence electrons. The van der Waals surface area contributed by atoms with Crippen LogP contribution in [0.3, 0.4) is 0 Å². The molecule has 2 nitrogen and oxygen atoms in total. The van der Waals surface area contributed by atoms with Gasteiger partial charge in [0.25, 0.3) is 0 Å². The van der Waals surface area contributed by atoms with Crippen molar-refractivity contribution >= 4 is 17.6 Å². The van der Waals surface area contributed by atoms with E-state index in [1.807, 2.05) is 13.1 Å². The Morgan fingerprint density at radius 1 is 1.16 bits per heavy atom. The second-order valence-electron chi connectivity index (χ2n) is 7.60. The first-order valence-corrected chi connectivity index (χ1v) is 8.56. The number of anilines is 1. The molecule has 1 aliphatic rings. The summed E-state index contributed by atoms with van der Waals surface area (Å²) in [6.45, 7) is 8.22. The molecule has 1 unspecified atom stereocenters. The molecule has 2 aromatic rings. The van der Waals surface area contributed by atoms with Crippen LogP contribution in [-0.4, -0.2) is 18.8 Å². The Balaban J connectivity index is 1.98. The van der Waals surface area contributed by atoms with Gasteiger partial charge in [0.1, 0.15) is 11.6 Å². The van der Waals surface area contributed by atoms with E-state index in [0.717, 1.165) is 17.7 Å². The van der Waals surface area contributed by atoms with E-state index in [0.29, 0.717) is 22.7 Å². The lowest BCUT2D eigenvalue weighted by Gasteiger charge is -2.45. The first-order chi connectivity index (χ1) is 11.7. The number of hydrogen-bond donors (Lipinski definition) is 0. The number of benzene rings is 2. The average Bonchev–Trinajstić information content (AvgIpc) is 2.54. The highest BCUT2D eigenvalue weighted by molar-refractivity contribution is 5.84. The molecule has 3 rings (SSSR count). The fraction of sp³-hybridized carbons (Fsp3) is 0.381. The minimum absolute atomic E-state index is 0.000100. The van der Waals surface area contributed by atoms with Crippen LogP contribution in [-0.2, 0) is 0 Å². The zero-order valence-corrected chi connectivity index (χ0v) is 15.4. The number of aryl methyl sites for hydroxylation is 1. The number of halogens is 2. The summed E-state index contributed by atoms with van der Waals surface area (Å²) in [6.07, 6.45) is 2.53. The third-order valence-electron chi connectivity index (χ3n) is 5.25. The predicted molar refractivity (Wildman–Crippen MR) is 100 cm³/mol. The van der Waals surface area contributed by atoms with Gasteiger partial charge in [-0.2, -0.15) is 0 Å². The zero-order valence-electron chi connectivity index (χ0n) is 15.4. The second kappa shape index (κ2) is 6.25. The number of aliphatic imine (C=N–C) groups is 1. The molecule has 1 atom stereocenters. The van der Waals surface area contributed by atoms with Crippen molar-refractivity contribution in [2.75, 3.05) is 11.9 Å². The van der Waals surface area contributed by atoms with Crippen molar-refractivity contribution in [1.82, 2.24) is 0 Å². The Morgan fingerprint density at radius 2 is 1.88 bits per heavy atom. The van der Waals surface area contributed by atoms with E-state index in [2.05, 4.69) is 30.7 Å². The molecule has 25 heavy (non-hydrogen) atoms. The van der Waals surface area contributed by atoms with Gasteiger partial charge in [0.15, 0.2) is 0 Å². The first-order valence-electron chi connectivity index (χ1n) is 8.56. The van der Waals surface area contributed by atoms with Gasteiger partial charge in [-0.15, -0.1) is 0 Å². The summed E-state index contributed by atoms with van der Waals surface area (Å²) in [6, 6.07) is 8.12. The number of fused-ring (bicyclic) bond motifs is 1. The SMILES string of the molecule is Cc1cc(N=Cc2cc3c(cc2F)N(C)C(C)(C)CC3C)ccc1F. The summed E-state index contributed by atoms with van der Waals surface area (Å²) >= 11 is 0. The predicted octanol–water partition coefficient (Wildman–Crippen LogP) is 5.75. The van der Waals surface area contributed by atoms with Crippen molar-refractivity contribution in [3.63, 3.8) is 0 Å². The van der Waals surface area contributed by atoms with Gasteiger partial charge < -0.3 is 4.90 Å². The number of nitrogens with zero attached hydrogens (tertiary/aromatic N) is 2. The van der Waals surface area contributed by atoms with E-state index in [4.69, 9.17) is 0 Å². The molecule has 1 heterocycles. The quantitative estimate of drug-likeness (QED) is 0.635. The van der Waals surface area contributed by atoms with Crippen molar-refractivity contribution < 1.29 is 8.78 Å². The van der Waals surface area contributed by atoms with Crippen molar-refractivity contribution in [2.24, 2.45) is 4.99 Å². The highest BCUT2D eigenvalue weighted by atomic mass is 19.1. The largest absolute Gasteiger partial charge is 0.369 e. The molecule has 0 N–H and O–H groups in total. The van der Waals surface area contributed by atoms with Crippen LogP contribution in [0.4, 0.5) is 20.2 Å². The fourth-order valence-electron chi connectivity index (χ4n) is 3.56. The van der Waals surface area contributed by atoms with Gasteiger partial charge in [0.05, 0.1) is 5.69 Å². The molecule has 1 aliphatic heterocycles. The second-order valence-corrected chi connectivity index (χ2v) is 7.60. The third kappa shape index (κ3) is 3.30. The molecule has 0 saturated heterocycles. The van der Waals surface area contributed by atoms with E-state index in [9.17, 15) is 8.78 Å². The van der Waals surface area contributed by atoms with E-state index in [-0.39, 0.29) is 17.2 Å². The van der Waals surface area contributed by atoms with Crippen molar-refractivity contribution in [1.29, 1.82) is 0 Å². The van der Waals surface area contributed by atoms with Crippen LogP contribution < -0.4 is 4.90 Å². The van der Waals surface area contributed by atoms with Crippen LogP contribution in [0.15, 0.2) is 35.3 Å². The summed E-state index contributed by atoms with van der Waals surface area (Å²) in [5.74, 6) is -0.210. The van der Waals surface area contributed by atoms with Crippen LogP contribution in [0.1, 0.15) is 49.8 Å². The molecular weight excluding hydrogens is 318 g/mol. The normalized spacial score (nSPS) is 19.3. The molecule has 0 spiro atoms. The third-order valence-corrected chi connectivity index (χ3v) is 5.25. The summed E-state index contributed by atoms with van der Waals surface area (Å²) in [4.78, 5) is 6.46. The Bertz CT molecular complexity index is 840. The van der Waals surface area contributed by atoms with Gasteiger partial charge in [0, 0.05) is 30.1 Å². The molecule has 4 heteroatoms. The van der Waals surface area contributed by atoms with Gasteiger partial charge >= 0.3 is 0 Å². The molecule has 0 aromatic heterocycles. The fourth-order valence-corrected chi connectivity index (χ4v) is 3.56. The topological polar surface area (TPSA) is 15.6 Å². The maximum atomic E-state index is 14.6. The Labute approximate surface area is 148 Å². The first kappa shape index (κ1) is 17.6. The highest BCUT2D eigenvalue weighted by Gasteiger charge is 2.34. The smallest absolute Gasteiger partial charge is 0.134 e. The van der Waals surface area contributed by atoms with Crippen molar-refractivity contribution in [2.45, 2.75) is 45.6 Å². The molecule has 0 bridgehead atoms. The maximum Gasteiger partial charge on any atom is 0.134 e. The summed E-state index contributed by atoms with van der Waals surface area (Å²) in [5, 5.41) is 0. The highest BCUT2D eigenvalue weighted by Crippen LogP contribution is 2.43. The van der Waals surface area contributed by atoms with Gasteiger partial charge in [-0.25, -0.2) is 8.78 Å². The lowest BCUT2D eigenvalue weighted by Crippen LogP contribution is -2.45. The molecule has 0 radical (unpaired) electrons. The van der Waals surface area contributed by atoms with E-state index < -0.39 is 0 Å². The van der Waals surface area contributed by atoms with E-state index in [1.165, 1.54) is 12.3 Å². The average molecular weight is 342 g/mol. The van der Waals surface area contributed by atoms with Crippen LogP contribution in [0.2, 0.25) is 0 Å². The van der Waals surface area contributed by atoms with Gasteiger partial charge in [-0.1, -0.05) is 6.92 Å². The number of hydrogen-bond acceptors (Lipinski definition) is 2. The Morgan fingerprint density at radius 3 is 2.56 bits per heavy atom. The lowest BCUT2D eigenvalue weighted by molar-refractivity contribution is 0.394. The van der Waals surface area contributed by atoms with E-state index >= 15 is 0 Å². The molecular formula is C21H24F2N2. The summed E-state index contributed by atoms with van der Waals surface area (Å²) in [7, 11) is 2.01. The molecule has 0 aliphatic carbocycles. The minimum atomic E-state index is -0.293. The van der Waals surface area contributed by atoms with Crippen molar-refractivity contribution in [3.8, 4) is 0 Å². The van der Waals surface area contributed by atoms with Crippen LogP contribution >= 0.6 is 0 Å². The monoisotopic (exact) mass is 342 g/mol. The molecule has 0 saturated carbocycles. The van der Waals surface area contributed by atoms with Crippen LogP contribution in [0, 0.1) is 18.6 Å². The van der Waals surface area contributed by atoms with Crippen LogP contribution in [0.5, 0.6) is 0 Å².